The van der Waals surface area contributed by atoms with E-state index in [9.17, 15) is 4.79 Å². The number of nitrogen functional groups attached to an aromatic ring is 1. The molecule has 3 N–H and O–H groups in total. The Labute approximate surface area is 152 Å². The van der Waals surface area contributed by atoms with Gasteiger partial charge in [-0.3, -0.25) is 4.79 Å². The second-order valence-corrected chi connectivity index (χ2v) is 7.99. The van der Waals surface area contributed by atoms with Gasteiger partial charge in [0.15, 0.2) is 5.82 Å². The smallest absolute Gasteiger partial charge is 0.234 e. The van der Waals surface area contributed by atoms with Crippen molar-refractivity contribution >= 4 is 17.7 Å². The minimum Gasteiger partial charge on any atom is -0.344 e. The number of rotatable bonds is 5. The molecule has 1 unspecified atom stereocenters. The molecule has 0 radical (unpaired) electrons. The monoisotopic (exact) mass is 357 g/mol. The number of nitrogens with zero attached hydrogens (tertiary/aromatic N) is 3. The summed E-state index contributed by atoms with van der Waals surface area (Å²) in [6, 6.07) is 8.08. The Balaban J connectivity index is 2.16. The van der Waals surface area contributed by atoms with E-state index in [-0.39, 0.29) is 23.1 Å². The van der Waals surface area contributed by atoms with Crippen LogP contribution in [0.4, 0.5) is 0 Å². The Morgan fingerprint density at radius 3 is 2.56 bits per heavy atom. The number of carbonyl (C=O) groups is 1. The van der Waals surface area contributed by atoms with Crippen LogP contribution in [0.3, 0.4) is 0 Å². The zero-order chi connectivity index (χ0) is 18.6. The number of thioether (sulfide) groups is 1. The van der Waals surface area contributed by atoms with Crippen molar-refractivity contribution in [2.75, 3.05) is 12.4 Å². The van der Waals surface area contributed by atoms with Gasteiger partial charge in [-0.25, -0.2) is 4.68 Å². The number of nitrogens with one attached hydrogen (secondary N) is 1. The van der Waals surface area contributed by atoms with Gasteiger partial charge in [0.25, 0.3) is 0 Å². The molecule has 0 aliphatic heterocycles. The summed E-state index contributed by atoms with van der Waals surface area (Å²) < 4.78 is 1.40. The maximum atomic E-state index is 11.9. The van der Waals surface area contributed by atoms with Gasteiger partial charge in [0.05, 0.1) is 11.8 Å². The first-order valence-corrected chi connectivity index (χ1v) is 8.81. The quantitative estimate of drug-likeness (QED) is 0.487. The van der Waals surface area contributed by atoms with Crippen LogP contribution < -0.4 is 11.2 Å². The molecule has 1 amide bonds. The third-order valence-corrected chi connectivity index (χ3v) is 4.75. The normalized spacial score (nSPS) is 12.4. The van der Waals surface area contributed by atoms with Gasteiger partial charge in [-0.1, -0.05) is 62.7 Å². The molecule has 0 aliphatic carbocycles. The molecule has 0 saturated carbocycles. The van der Waals surface area contributed by atoms with E-state index < -0.39 is 0 Å². The molecular weight excluding hydrogens is 334 g/mol. The number of carbonyl (C=O) groups excluding carboxylic acids is 1. The van der Waals surface area contributed by atoms with Crippen LogP contribution in [0.15, 0.2) is 29.4 Å². The van der Waals surface area contributed by atoms with Gasteiger partial charge in [-0.05, 0) is 17.9 Å². The van der Waals surface area contributed by atoms with Gasteiger partial charge in [0.1, 0.15) is 0 Å². The van der Waals surface area contributed by atoms with Crippen LogP contribution >= 0.6 is 11.8 Å². The molecule has 132 valence electrons. The van der Waals surface area contributed by atoms with Crippen molar-refractivity contribution in [3.8, 4) is 23.7 Å². The molecule has 1 aromatic carbocycles. The molecule has 0 aliphatic rings. The molecule has 0 bridgehead atoms. The standard InChI is InChI=1S/C18H23N5OS/c1-6-11-20-16(24)12(2)25-17-22-21-15(23(17)19)13-7-9-14(10-8-13)18(3,4)5/h1,7-10,12H,11,19H2,2-5H3,(H,20,24). The maximum Gasteiger partial charge on any atom is 0.234 e. The van der Waals surface area contributed by atoms with Gasteiger partial charge in [-0.15, -0.1) is 16.6 Å². The van der Waals surface area contributed by atoms with Crippen molar-refractivity contribution in [3.63, 3.8) is 0 Å². The Morgan fingerprint density at radius 2 is 2.00 bits per heavy atom. The number of nitrogens with two attached hydrogens (primary N) is 1. The van der Waals surface area contributed by atoms with E-state index in [0.29, 0.717) is 11.0 Å². The molecule has 0 fully saturated rings. The number of amides is 1. The Kier molecular flexibility index (Phi) is 5.75. The van der Waals surface area contributed by atoms with Gasteiger partial charge in [0, 0.05) is 5.56 Å². The minimum absolute atomic E-state index is 0.0805. The fourth-order valence-corrected chi connectivity index (χ4v) is 2.96. The lowest BCUT2D eigenvalue weighted by molar-refractivity contribution is -0.120. The highest BCUT2D eigenvalue weighted by Gasteiger charge is 2.20. The number of terminal acetylenes is 1. The first-order valence-electron chi connectivity index (χ1n) is 7.93. The first-order chi connectivity index (χ1) is 11.7. The van der Waals surface area contributed by atoms with Crippen molar-refractivity contribution in [3.05, 3.63) is 29.8 Å². The summed E-state index contributed by atoms with van der Waals surface area (Å²) in [4.78, 5) is 11.9. The van der Waals surface area contributed by atoms with Crippen LogP contribution in [0.1, 0.15) is 33.3 Å². The highest BCUT2D eigenvalue weighted by Crippen LogP contribution is 2.27. The van der Waals surface area contributed by atoms with E-state index in [4.69, 9.17) is 12.3 Å². The summed E-state index contributed by atoms with van der Waals surface area (Å²) >= 11 is 1.24. The summed E-state index contributed by atoms with van der Waals surface area (Å²) in [5, 5.41) is 11.0. The highest BCUT2D eigenvalue weighted by molar-refractivity contribution is 8.00. The largest absolute Gasteiger partial charge is 0.344 e. The molecule has 2 aromatic rings. The van der Waals surface area contributed by atoms with E-state index in [1.807, 2.05) is 12.1 Å². The zero-order valence-electron chi connectivity index (χ0n) is 14.9. The van der Waals surface area contributed by atoms with Crippen LogP contribution in [0, 0.1) is 12.3 Å². The summed E-state index contributed by atoms with van der Waals surface area (Å²) in [6.07, 6.45) is 5.14. The molecule has 6 nitrogen and oxygen atoms in total. The van der Waals surface area contributed by atoms with E-state index in [1.165, 1.54) is 22.0 Å². The van der Waals surface area contributed by atoms with Crippen molar-refractivity contribution in [2.24, 2.45) is 0 Å². The van der Waals surface area contributed by atoms with Gasteiger partial charge in [-0.2, -0.15) is 0 Å². The first kappa shape index (κ1) is 18.9. The van der Waals surface area contributed by atoms with Crippen molar-refractivity contribution < 1.29 is 4.79 Å². The molecular formula is C18H23N5OS. The van der Waals surface area contributed by atoms with Crippen LogP contribution in [-0.4, -0.2) is 32.6 Å². The lowest BCUT2D eigenvalue weighted by Crippen LogP contribution is -2.31. The molecule has 7 heteroatoms. The van der Waals surface area contributed by atoms with Crippen LogP contribution in [-0.2, 0) is 10.2 Å². The Hall–Kier alpha value is -2.46. The Bertz CT molecular complexity index is 783. The number of hydrogen-bond acceptors (Lipinski definition) is 5. The molecule has 0 spiro atoms. The van der Waals surface area contributed by atoms with Crippen LogP contribution in [0.5, 0.6) is 0 Å². The molecule has 1 heterocycles. The summed E-state index contributed by atoms with van der Waals surface area (Å²) in [5.41, 5.74) is 2.18. The highest BCUT2D eigenvalue weighted by atomic mass is 32.2. The summed E-state index contributed by atoms with van der Waals surface area (Å²) in [6.45, 7) is 8.45. The maximum absolute atomic E-state index is 11.9. The third-order valence-electron chi connectivity index (χ3n) is 3.69. The van der Waals surface area contributed by atoms with E-state index >= 15 is 0 Å². The zero-order valence-corrected chi connectivity index (χ0v) is 15.7. The van der Waals surface area contributed by atoms with Crippen molar-refractivity contribution in [2.45, 2.75) is 43.5 Å². The van der Waals surface area contributed by atoms with Crippen molar-refractivity contribution in [1.82, 2.24) is 20.2 Å². The number of benzene rings is 1. The average Bonchev–Trinajstić information content (AvgIpc) is 2.92. The topological polar surface area (TPSA) is 85.8 Å². The minimum atomic E-state index is -0.379. The fraction of sp³-hybridized carbons (Fsp3) is 0.389. The molecule has 0 saturated heterocycles. The predicted octanol–water partition coefficient (Wildman–Crippen LogP) is 2.19. The molecule has 1 aromatic heterocycles. The molecule has 1 atom stereocenters. The fourth-order valence-electron chi connectivity index (χ4n) is 2.17. The summed E-state index contributed by atoms with van der Waals surface area (Å²) in [7, 11) is 0. The number of aromatic nitrogens is 3. The molecule has 2 rings (SSSR count). The third kappa shape index (κ3) is 4.54. The molecule has 25 heavy (non-hydrogen) atoms. The van der Waals surface area contributed by atoms with Crippen molar-refractivity contribution in [1.29, 1.82) is 0 Å². The lowest BCUT2D eigenvalue weighted by Gasteiger charge is -2.19. The van der Waals surface area contributed by atoms with Crippen LogP contribution in [0.25, 0.3) is 11.4 Å². The average molecular weight is 357 g/mol. The second-order valence-electron chi connectivity index (χ2n) is 6.69. The van der Waals surface area contributed by atoms with Crippen LogP contribution in [0.2, 0.25) is 0 Å². The number of hydrogen-bond donors (Lipinski definition) is 2. The van der Waals surface area contributed by atoms with E-state index in [1.54, 1.807) is 6.92 Å². The Morgan fingerprint density at radius 1 is 1.36 bits per heavy atom. The predicted molar refractivity (Wildman–Crippen MR) is 101 cm³/mol. The SMILES string of the molecule is C#CCNC(=O)C(C)Sc1nnc(-c2ccc(C(C)(C)C)cc2)n1N. The van der Waals surface area contributed by atoms with E-state index in [2.05, 4.69) is 54.3 Å². The van der Waals surface area contributed by atoms with Gasteiger partial charge < -0.3 is 11.2 Å². The lowest BCUT2D eigenvalue weighted by atomic mass is 9.87. The second kappa shape index (κ2) is 7.62. The van der Waals surface area contributed by atoms with Gasteiger partial charge in [0.2, 0.25) is 11.1 Å². The summed E-state index contributed by atoms with van der Waals surface area (Å²) in [5.74, 6) is 8.87. The van der Waals surface area contributed by atoms with Gasteiger partial charge >= 0.3 is 0 Å². The van der Waals surface area contributed by atoms with E-state index in [0.717, 1.165) is 5.56 Å².